The Morgan fingerprint density at radius 2 is 0.530 bits per heavy atom. The molecule has 0 amide bonds. The molecule has 17 aromatic carbocycles. The lowest BCUT2D eigenvalue weighted by molar-refractivity contribution is 0.590. The van der Waals surface area contributed by atoms with E-state index < -0.39 is 0 Å². The van der Waals surface area contributed by atoms with Crippen LogP contribution in [0.4, 0.5) is 51.2 Å². The summed E-state index contributed by atoms with van der Waals surface area (Å²) >= 11 is 0. The topological polar surface area (TPSA) is 24.5 Å². The number of nitrogens with zero attached hydrogens (tertiary/aromatic N) is 6. The van der Waals surface area contributed by atoms with Gasteiger partial charge in [0.05, 0.1) is 38.8 Å². The van der Waals surface area contributed by atoms with Crippen molar-refractivity contribution in [1.29, 1.82) is 0 Å². The van der Waals surface area contributed by atoms with Gasteiger partial charge in [0, 0.05) is 94.9 Å². The SMILES string of the molecule is CC(C)(C)c1ccc2c(c1)c1cc(C(C)(C)C)ccc1n2-c1ccc2c(c1)N(c1cc(-c3ccccc3)cc(-c3ccccc3)c1)c1cc(-n3c4ccccc4c4ccccc43)cc3c1B2c1ccc(N(c2ccccc2)c2ccc(-n4c5ccccc5c5ccccc54)cc2)cc1N3c1cc(-c2ccccc2)cc(-c2ccccc2)c1. The summed E-state index contributed by atoms with van der Waals surface area (Å²) in [6.45, 7) is 13.7. The molecule has 0 saturated carbocycles. The summed E-state index contributed by atoms with van der Waals surface area (Å²) in [6.07, 6.45) is 0. The Morgan fingerprint density at radius 1 is 0.214 bits per heavy atom. The third-order valence-electron chi connectivity index (χ3n) is 24.6. The van der Waals surface area contributed by atoms with Gasteiger partial charge < -0.3 is 28.4 Å². The highest BCUT2D eigenvalue weighted by molar-refractivity contribution is 7.00. The van der Waals surface area contributed by atoms with Crippen molar-refractivity contribution < 1.29 is 0 Å². The summed E-state index contributed by atoms with van der Waals surface area (Å²) < 4.78 is 7.49. The van der Waals surface area contributed by atoms with E-state index in [9.17, 15) is 0 Å². The molecule has 5 heterocycles. The van der Waals surface area contributed by atoms with Gasteiger partial charge in [0.2, 0.25) is 0 Å². The highest BCUT2D eigenvalue weighted by Gasteiger charge is 2.45. The molecule has 0 radical (unpaired) electrons. The summed E-state index contributed by atoms with van der Waals surface area (Å²) in [4.78, 5) is 7.75. The second-order valence-corrected chi connectivity index (χ2v) is 33.7. The second-order valence-electron chi connectivity index (χ2n) is 33.7. The van der Waals surface area contributed by atoms with E-state index in [4.69, 9.17) is 0 Å². The predicted molar refractivity (Wildman–Crippen MR) is 497 cm³/mol. The molecule has 20 aromatic rings. The zero-order chi connectivity index (χ0) is 78.4. The Balaban J connectivity index is 0.866. The molecule has 6 nitrogen and oxygen atoms in total. The highest BCUT2D eigenvalue weighted by Crippen LogP contribution is 2.52. The molecule has 7 heteroatoms. The lowest BCUT2D eigenvalue weighted by Gasteiger charge is -2.45. The molecule has 22 rings (SSSR count). The molecule has 0 N–H and O–H groups in total. The Bertz CT molecular complexity index is 7040. The molecule has 0 atom stereocenters. The van der Waals surface area contributed by atoms with Gasteiger partial charge in [-0.3, -0.25) is 0 Å². The quantitative estimate of drug-likeness (QED) is 0.114. The molecular weight excluding hydrogens is 1420 g/mol. The van der Waals surface area contributed by atoms with Crippen LogP contribution in [0.3, 0.4) is 0 Å². The van der Waals surface area contributed by atoms with Crippen LogP contribution in [0.2, 0.25) is 0 Å². The van der Waals surface area contributed by atoms with E-state index in [1.807, 2.05) is 0 Å². The fourth-order valence-electron chi connectivity index (χ4n) is 19.0. The number of benzene rings is 17. The van der Waals surface area contributed by atoms with Crippen LogP contribution in [0.1, 0.15) is 52.7 Å². The third kappa shape index (κ3) is 11.5. The fraction of sp³-hybridized carbons (Fsp3) is 0.0727. The lowest BCUT2D eigenvalue weighted by atomic mass is 9.33. The van der Waals surface area contributed by atoms with Crippen molar-refractivity contribution in [2.24, 2.45) is 0 Å². The first kappa shape index (κ1) is 69.3. The molecule has 0 spiro atoms. The van der Waals surface area contributed by atoms with Crippen molar-refractivity contribution in [2.75, 3.05) is 14.7 Å². The molecule has 0 aliphatic carbocycles. The lowest BCUT2D eigenvalue weighted by Crippen LogP contribution is -2.61. The first-order valence-electron chi connectivity index (χ1n) is 40.9. The Kier molecular flexibility index (Phi) is 16.1. The van der Waals surface area contributed by atoms with Gasteiger partial charge in [-0.15, -0.1) is 0 Å². The minimum absolute atomic E-state index is 0.0735. The number of aromatic nitrogens is 3. The molecule has 2 aliphatic heterocycles. The van der Waals surface area contributed by atoms with Crippen LogP contribution in [-0.4, -0.2) is 20.4 Å². The van der Waals surface area contributed by atoms with Gasteiger partial charge in [0.25, 0.3) is 6.71 Å². The summed E-state index contributed by atoms with van der Waals surface area (Å²) in [6, 6.07) is 148. The average Bonchev–Trinajstić information content (AvgIpc) is 1.16. The summed E-state index contributed by atoms with van der Waals surface area (Å²) in [5, 5.41) is 7.36. The monoisotopic (exact) mass is 1500 g/mol. The fourth-order valence-corrected chi connectivity index (χ4v) is 19.0. The maximum absolute atomic E-state index is 2.65. The molecule has 0 fully saturated rings. The predicted octanol–water partition coefficient (Wildman–Crippen LogP) is 27.8. The van der Waals surface area contributed by atoms with Crippen molar-refractivity contribution >= 4 is 140 Å². The van der Waals surface area contributed by atoms with Crippen LogP contribution in [0, 0.1) is 0 Å². The maximum Gasteiger partial charge on any atom is 0.252 e. The number of rotatable bonds is 12. The smallest absolute Gasteiger partial charge is 0.252 e. The van der Waals surface area contributed by atoms with Gasteiger partial charge in [-0.05, 0) is 241 Å². The summed E-state index contributed by atoms with van der Waals surface area (Å²) in [5.74, 6) is 0. The first-order valence-corrected chi connectivity index (χ1v) is 40.9. The number of anilines is 9. The van der Waals surface area contributed by atoms with Crippen LogP contribution < -0.4 is 31.1 Å². The van der Waals surface area contributed by atoms with Crippen LogP contribution in [0.15, 0.2) is 394 Å². The number of hydrogen-bond acceptors (Lipinski definition) is 3. The normalized spacial score (nSPS) is 12.6. The van der Waals surface area contributed by atoms with Gasteiger partial charge in [-0.1, -0.05) is 278 Å². The van der Waals surface area contributed by atoms with E-state index in [1.54, 1.807) is 0 Å². The van der Waals surface area contributed by atoms with E-state index in [-0.39, 0.29) is 17.5 Å². The minimum atomic E-state index is -0.294. The van der Waals surface area contributed by atoms with Gasteiger partial charge in [-0.2, -0.15) is 0 Å². The van der Waals surface area contributed by atoms with E-state index in [1.165, 1.54) is 81.9 Å². The van der Waals surface area contributed by atoms with Crippen molar-refractivity contribution in [3.05, 3.63) is 405 Å². The highest BCUT2D eigenvalue weighted by atomic mass is 15.2. The van der Waals surface area contributed by atoms with Crippen LogP contribution in [0.5, 0.6) is 0 Å². The van der Waals surface area contributed by atoms with Gasteiger partial charge in [-0.25, -0.2) is 0 Å². The molecular formula is C110H83BN6. The minimum Gasteiger partial charge on any atom is -0.311 e. The molecule has 3 aromatic heterocycles. The molecule has 556 valence electrons. The third-order valence-corrected chi connectivity index (χ3v) is 24.6. The van der Waals surface area contributed by atoms with Crippen LogP contribution >= 0.6 is 0 Å². The van der Waals surface area contributed by atoms with Crippen LogP contribution in [0.25, 0.3) is 127 Å². The summed E-state index contributed by atoms with van der Waals surface area (Å²) in [5.41, 5.74) is 34.8. The van der Waals surface area contributed by atoms with E-state index >= 15 is 0 Å². The first-order chi connectivity index (χ1) is 57.3. The Morgan fingerprint density at radius 3 is 0.940 bits per heavy atom. The number of fused-ring (bicyclic) bond motifs is 13. The maximum atomic E-state index is 2.65. The van der Waals surface area contributed by atoms with Gasteiger partial charge in [0.1, 0.15) is 0 Å². The van der Waals surface area contributed by atoms with Crippen molar-refractivity contribution in [3.63, 3.8) is 0 Å². The van der Waals surface area contributed by atoms with Crippen LogP contribution in [-0.2, 0) is 10.8 Å². The largest absolute Gasteiger partial charge is 0.311 e. The average molecular weight is 1500 g/mol. The van der Waals surface area contributed by atoms with E-state index in [0.29, 0.717) is 0 Å². The molecule has 0 bridgehead atoms. The van der Waals surface area contributed by atoms with Gasteiger partial charge in [0.15, 0.2) is 0 Å². The Hall–Kier alpha value is -14.4. The zero-order valence-electron chi connectivity index (χ0n) is 66.3. The van der Waals surface area contributed by atoms with Crippen molar-refractivity contribution in [3.8, 4) is 61.6 Å². The molecule has 0 unspecified atom stereocenters. The number of hydrogen-bond donors (Lipinski definition) is 0. The van der Waals surface area contributed by atoms with E-state index in [2.05, 4.69) is 464 Å². The molecule has 117 heavy (non-hydrogen) atoms. The zero-order valence-corrected chi connectivity index (χ0v) is 66.3. The molecule has 0 saturated heterocycles. The van der Waals surface area contributed by atoms with Crippen molar-refractivity contribution in [2.45, 2.75) is 52.4 Å². The molecule has 2 aliphatic rings. The standard InChI is InChI=1S/C110H83BN6/c1-109(2,3)80-48-58-102-94(66-80)95-67-81(110(4,5)6)49-59-103(95)114(102)86-55-57-97-105(69-86)117(88-64-78(74-34-16-9-17-35-74)61-79(65-88)75-36-18-10-19-37-75)107-71-89(115-100-46-28-24-42-92(100)93-43-25-29-47-101(93)115)70-106-108(107)111(97)96-56-54-85(68-104(96)116(106)87-62-76(72-30-12-7-13-31-72)60-77(63-87)73-32-14-8-15-33-73)112(82-38-20-11-21-39-82)83-50-52-84(53-51-83)113-98-44-26-22-40-90(98)91-41-23-27-45-99(91)113/h7-71H,1-6H3. The van der Waals surface area contributed by atoms with Gasteiger partial charge >= 0.3 is 0 Å². The second kappa shape index (κ2) is 27.2. The Labute approximate surface area is 683 Å². The number of para-hydroxylation sites is 5. The van der Waals surface area contributed by atoms with E-state index in [0.717, 1.165) is 124 Å². The summed E-state index contributed by atoms with van der Waals surface area (Å²) in [7, 11) is 0. The van der Waals surface area contributed by atoms with Crippen molar-refractivity contribution in [1.82, 2.24) is 13.7 Å².